The van der Waals surface area contributed by atoms with Crippen molar-refractivity contribution in [3.63, 3.8) is 0 Å². The number of aryl methyl sites for hydroxylation is 1. The van der Waals surface area contributed by atoms with Gasteiger partial charge in [0.25, 0.3) is 0 Å². The number of carbonyl (C=O) groups excluding carboxylic acids is 1. The fourth-order valence-corrected chi connectivity index (χ4v) is 2.63. The third-order valence-corrected chi connectivity index (χ3v) is 3.66. The Bertz CT molecular complexity index is 449. The van der Waals surface area contributed by atoms with E-state index in [2.05, 4.69) is 32.1 Å². The minimum Gasteiger partial charge on any atom is -0.366 e. The maximum absolute atomic E-state index is 11.6. The van der Waals surface area contributed by atoms with Gasteiger partial charge in [0, 0.05) is 5.56 Å². The van der Waals surface area contributed by atoms with Crippen molar-refractivity contribution in [2.24, 2.45) is 5.73 Å². The van der Waals surface area contributed by atoms with E-state index < -0.39 is 0 Å². The van der Waals surface area contributed by atoms with Crippen LogP contribution in [0.2, 0.25) is 0 Å². The van der Waals surface area contributed by atoms with Gasteiger partial charge in [-0.05, 0) is 55.7 Å². The van der Waals surface area contributed by atoms with Gasteiger partial charge >= 0.3 is 0 Å². The number of allylic oxidation sites excluding steroid dienone is 2. The first-order valence-corrected chi connectivity index (χ1v) is 7.18. The molecule has 0 aliphatic heterocycles. The normalized spacial score (nSPS) is 12.8. The van der Waals surface area contributed by atoms with Crippen LogP contribution >= 0.6 is 0 Å². The fraction of sp³-hybridized carbons (Fsp3) is 0.471. The van der Waals surface area contributed by atoms with Gasteiger partial charge in [-0.2, -0.15) is 0 Å². The molecule has 0 bridgehead atoms. The summed E-state index contributed by atoms with van der Waals surface area (Å²) in [6, 6.07) is 5.90. The van der Waals surface area contributed by atoms with E-state index in [0.29, 0.717) is 11.5 Å². The van der Waals surface area contributed by atoms with Crippen molar-refractivity contribution >= 4 is 5.91 Å². The summed E-state index contributed by atoms with van der Waals surface area (Å²) in [6.45, 7) is 6.34. The third-order valence-electron chi connectivity index (χ3n) is 3.66. The van der Waals surface area contributed by atoms with Gasteiger partial charge in [0.1, 0.15) is 0 Å². The Kier molecular flexibility index (Phi) is 6.34. The van der Waals surface area contributed by atoms with Crippen LogP contribution in [0, 0.1) is 0 Å². The summed E-state index contributed by atoms with van der Waals surface area (Å²) in [4.78, 5) is 11.6. The fourth-order valence-electron chi connectivity index (χ4n) is 2.63. The van der Waals surface area contributed by atoms with E-state index in [4.69, 9.17) is 5.73 Å². The molecule has 1 rings (SSSR count). The number of nitrogens with two attached hydrogens (primary N) is 1. The topological polar surface area (TPSA) is 43.1 Å². The number of rotatable bonds is 7. The quantitative estimate of drug-likeness (QED) is 0.733. The van der Waals surface area contributed by atoms with E-state index >= 15 is 0 Å². The van der Waals surface area contributed by atoms with Crippen molar-refractivity contribution in [2.45, 2.75) is 52.4 Å². The number of primary amides is 1. The summed E-state index contributed by atoms with van der Waals surface area (Å²) < 4.78 is 0. The molecule has 0 aliphatic carbocycles. The van der Waals surface area contributed by atoms with Crippen LogP contribution in [0.1, 0.15) is 67.4 Å². The van der Waals surface area contributed by atoms with Crippen molar-refractivity contribution in [3.05, 3.63) is 47.0 Å². The standard InChI is InChI=1S/C17H25NO/c1-4-7-8-10-13(5-2)16-14(6-3)11-9-12-15(16)17(18)19/h4,7,9,11-13H,5-6,8,10H2,1-3H3,(H2,18,19)/b7-4+. The molecule has 1 unspecified atom stereocenters. The van der Waals surface area contributed by atoms with E-state index in [0.717, 1.165) is 25.7 Å². The molecule has 2 nitrogen and oxygen atoms in total. The van der Waals surface area contributed by atoms with Crippen molar-refractivity contribution in [3.8, 4) is 0 Å². The summed E-state index contributed by atoms with van der Waals surface area (Å²) in [7, 11) is 0. The minimum atomic E-state index is -0.310. The highest BCUT2D eigenvalue weighted by molar-refractivity contribution is 5.94. The summed E-state index contributed by atoms with van der Waals surface area (Å²) in [6.07, 6.45) is 8.35. The van der Waals surface area contributed by atoms with Crippen molar-refractivity contribution in [1.29, 1.82) is 0 Å². The molecule has 1 amide bonds. The van der Waals surface area contributed by atoms with Crippen molar-refractivity contribution < 1.29 is 4.79 Å². The lowest BCUT2D eigenvalue weighted by atomic mass is 9.84. The number of hydrogen-bond donors (Lipinski definition) is 1. The molecular weight excluding hydrogens is 234 g/mol. The Labute approximate surface area is 116 Å². The van der Waals surface area contributed by atoms with Gasteiger partial charge in [0.2, 0.25) is 5.91 Å². The molecule has 0 fully saturated rings. The second-order valence-corrected chi connectivity index (χ2v) is 4.85. The summed E-state index contributed by atoms with van der Waals surface area (Å²) >= 11 is 0. The molecule has 0 radical (unpaired) electrons. The number of carbonyl (C=O) groups is 1. The average molecular weight is 259 g/mol. The molecule has 0 aromatic heterocycles. The first-order valence-electron chi connectivity index (χ1n) is 7.18. The first-order chi connectivity index (χ1) is 9.15. The van der Waals surface area contributed by atoms with Crippen LogP contribution in [-0.4, -0.2) is 5.91 Å². The number of benzene rings is 1. The van der Waals surface area contributed by atoms with E-state index in [-0.39, 0.29) is 5.91 Å². The summed E-state index contributed by atoms with van der Waals surface area (Å²) in [5.74, 6) is 0.102. The SMILES string of the molecule is C/C=C/CCC(CC)c1c(CC)cccc1C(N)=O. The Balaban J connectivity index is 3.15. The highest BCUT2D eigenvalue weighted by Gasteiger charge is 2.19. The lowest BCUT2D eigenvalue weighted by molar-refractivity contribution is 0.0998. The Morgan fingerprint density at radius 1 is 1.37 bits per heavy atom. The molecule has 104 valence electrons. The zero-order chi connectivity index (χ0) is 14.3. The highest BCUT2D eigenvalue weighted by Crippen LogP contribution is 2.31. The van der Waals surface area contributed by atoms with Crippen LogP contribution in [0.3, 0.4) is 0 Å². The van der Waals surface area contributed by atoms with E-state index in [1.807, 2.05) is 19.1 Å². The molecule has 1 aromatic carbocycles. The maximum Gasteiger partial charge on any atom is 0.248 e. The predicted molar refractivity (Wildman–Crippen MR) is 81.4 cm³/mol. The van der Waals surface area contributed by atoms with Crippen molar-refractivity contribution in [2.75, 3.05) is 0 Å². The second-order valence-electron chi connectivity index (χ2n) is 4.85. The molecular formula is C17H25NO. The summed E-state index contributed by atoms with van der Waals surface area (Å²) in [5.41, 5.74) is 8.66. The highest BCUT2D eigenvalue weighted by atomic mass is 16.1. The Hall–Kier alpha value is -1.57. The van der Waals surface area contributed by atoms with Crippen LogP contribution in [0.15, 0.2) is 30.4 Å². The van der Waals surface area contributed by atoms with Gasteiger partial charge in [0.15, 0.2) is 0 Å². The van der Waals surface area contributed by atoms with Gasteiger partial charge in [0.05, 0.1) is 0 Å². The molecule has 1 atom stereocenters. The largest absolute Gasteiger partial charge is 0.366 e. The molecule has 0 aliphatic rings. The third kappa shape index (κ3) is 3.95. The van der Waals surface area contributed by atoms with E-state index in [1.54, 1.807) is 0 Å². The smallest absolute Gasteiger partial charge is 0.248 e. The van der Waals surface area contributed by atoms with E-state index in [1.165, 1.54) is 11.1 Å². The molecule has 0 spiro atoms. The Morgan fingerprint density at radius 3 is 2.63 bits per heavy atom. The molecule has 1 aromatic rings. The molecule has 2 heteroatoms. The van der Waals surface area contributed by atoms with Crippen LogP contribution in [0.25, 0.3) is 0 Å². The van der Waals surface area contributed by atoms with Crippen molar-refractivity contribution in [1.82, 2.24) is 0 Å². The summed E-state index contributed by atoms with van der Waals surface area (Å²) in [5, 5.41) is 0. The van der Waals surface area contributed by atoms with Crippen LogP contribution in [0.5, 0.6) is 0 Å². The zero-order valence-corrected chi connectivity index (χ0v) is 12.3. The van der Waals surface area contributed by atoms with Gasteiger partial charge in [-0.15, -0.1) is 0 Å². The van der Waals surface area contributed by atoms with Gasteiger partial charge in [-0.25, -0.2) is 0 Å². The number of hydrogen-bond acceptors (Lipinski definition) is 1. The van der Waals surface area contributed by atoms with E-state index in [9.17, 15) is 4.79 Å². The zero-order valence-electron chi connectivity index (χ0n) is 12.3. The predicted octanol–water partition coefficient (Wildman–Crippen LogP) is 4.20. The number of amides is 1. The van der Waals surface area contributed by atoms with Gasteiger partial charge < -0.3 is 5.73 Å². The molecule has 0 saturated carbocycles. The first kappa shape index (κ1) is 15.5. The van der Waals surface area contributed by atoms with Gasteiger partial charge in [-0.1, -0.05) is 38.1 Å². The minimum absolute atomic E-state index is 0.310. The molecule has 0 heterocycles. The lowest BCUT2D eigenvalue weighted by Gasteiger charge is -2.21. The molecule has 2 N–H and O–H groups in total. The van der Waals surface area contributed by atoms with Crippen LogP contribution in [-0.2, 0) is 6.42 Å². The maximum atomic E-state index is 11.6. The monoisotopic (exact) mass is 259 g/mol. The average Bonchev–Trinajstić information content (AvgIpc) is 2.43. The van der Waals surface area contributed by atoms with Crippen LogP contribution < -0.4 is 5.73 Å². The lowest BCUT2D eigenvalue weighted by Crippen LogP contribution is -2.17. The van der Waals surface area contributed by atoms with Gasteiger partial charge in [-0.3, -0.25) is 4.79 Å². The van der Waals surface area contributed by atoms with Crippen LogP contribution in [0.4, 0.5) is 0 Å². The second kappa shape index (κ2) is 7.78. The Morgan fingerprint density at radius 2 is 2.11 bits per heavy atom. The molecule has 0 saturated heterocycles. The molecule has 19 heavy (non-hydrogen) atoms.